The normalized spacial score (nSPS) is 21.5. The Bertz CT molecular complexity index is 653. The van der Waals surface area contributed by atoms with E-state index >= 15 is 0 Å². The van der Waals surface area contributed by atoms with E-state index in [4.69, 9.17) is 0 Å². The number of hydrogen-bond donors (Lipinski definition) is 2. The summed E-state index contributed by atoms with van der Waals surface area (Å²) in [6.45, 7) is 1.94. The summed E-state index contributed by atoms with van der Waals surface area (Å²) in [5.74, 6) is 0.329. The third kappa shape index (κ3) is 4.36. The molecule has 23 heavy (non-hydrogen) atoms. The van der Waals surface area contributed by atoms with Gasteiger partial charge in [0.25, 0.3) is 0 Å². The lowest BCUT2D eigenvalue weighted by Gasteiger charge is -2.38. The van der Waals surface area contributed by atoms with Crippen molar-refractivity contribution >= 4 is 17.2 Å². The minimum absolute atomic E-state index is 0.00394. The van der Waals surface area contributed by atoms with Crippen molar-refractivity contribution in [2.24, 2.45) is 5.92 Å². The Morgan fingerprint density at radius 2 is 2.17 bits per heavy atom. The number of aliphatic hydroxyl groups excluding tert-OH is 1. The fourth-order valence-electron chi connectivity index (χ4n) is 2.98. The average molecular weight is 331 g/mol. The van der Waals surface area contributed by atoms with Gasteiger partial charge in [-0.2, -0.15) is 0 Å². The number of aryl methyl sites for hydroxylation is 1. The second-order valence-electron chi connectivity index (χ2n) is 6.15. The summed E-state index contributed by atoms with van der Waals surface area (Å²) < 4.78 is 0. The lowest BCUT2D eigenvalue weighted by atomic mass is 9.75. The summed E-state index contributed by atoms with van der Waals surface area (Å²) >= 11 is 1.56. The third-order valence-electron chi connectivity index (χ3n) is 4.28. The Kier molecular flexibility index (Phi) is 5.03. The van der Waals surface area contributed by atoms with Gasteiger partial charge >= 0.3 is 0 Å². The van der Waals surface area contributed by atoms with Gasteiger partial charge in [-0.25, -0.2) is 4.98 Å². The molecule has 2 aromatic rings. The molecule has 5 nitrogen and oxygen atoms in total. The highest BCUT2D eigenvalue weighted by molar-refractivity contribution is 7.09. The maximum absolute atomic E-state index is 12.3. The lowest BCUT2D eigenvalue weighted by molar-refractivity contribution is -0.122. The fraction of sp³-hybridized carbons (Fsp3) is 0.471. The van der Waals surface area contributed by atoms with E-state index in [1.54, 1.807) is 23.7 Å². The highest BCUT2D eigenvalue weighted by Gasteiger charge is 2.34. The van der Waals surface area contributed by atoms with Gasteiger partial charge in [0.1, 0.15) is 0 Å². The molecule has 3 rings (SSSR count). The van der Waals surface area contributed by atoms with Gasteiger partial charge in [0.2, 0.25) is 5.91 Å². The van der Waals surface area contributed by atoms with Crippen LogP contribution in [0, 0.1) is 12.8 Å². The molecule has 1 aliphatic rings. The quantitative estimate of drug-likeness (QED) is 0.847. The van der Waals surface area contributed by atoms with Crippen molar-refractivity contribution in [3.63, 3.8) is 0 Å². The molecule has 122 valence electrons. The van der Waals surface area contributed by atoms with Crippen LogP contribution in [-0.4, -0.2) is 33.1 Å². The van der Waals surface area contributed by atoms with Crippen molar-refractivity contribution < 1.29 is 9.90 Å². The monoisotopic (exact) mass is 331 g/mol. The van der Waals surface area contributed by atoms with Gasteiger partial charge in [0.15, 0.2) is 0 Å². The Balaban J connectivity index is 1.62. The van der Waals surface area contributed by atoms with Gasteiger partial charge in [0.05, 0.1) is 23.2 Å². The van der Waals surface area contributed by atoms with Crippen molar-refractivity contribution in [1.29, 1.82) is 0 Å². The van der Waals surface area contributed by atoms with Crippen LogP contribution in [0.3, 0.4) is 0 Å². The number of thiazole rings is 1. The molecule has 1 amide bonds. The molecule has 6 heteroatoms. The van der Waals surface area contributed by atoms with Crippen molar-refractivity contribution in [3.8, 4) is 0 Å². The van der Waals surface area contributed by atoms with E-state index in [2.05, 4.69) is 15.3 Å². The molecule has 0 aliphatic heterocycles. The smallest absolute Gasteiger partial charge is 0.226 e. The molecule has 0 aromatic carbocycles. The van der Waals surface area contributed by atoms with Crippen LogP contribution < -0.4 is 5.32 Å². The first-order chi connectivity index (χ1) is 11.1. The molecule has 0 radical (unpaired) electrons. The first kappa shape index (κ1) is 16.1. The molecule has 0 unspecified atom stereocenters. The van der Waals surface area contributed by atoms with Crippen LogP contribution in [-0.2, 0) is 17.6 Å². The highest BCUT2D eigenvalue weighted by atomic mass is 32.1. The number of carbonyl (C=O) groups excluding carboxylic acids is 1. The Morgan fingerprint density at radius 1 is 1.43 bits per heavy atom. The fourth-order valence-corrected chi connectivity index (χ4v) is 3.59. The number of amides is 1. The highest BCUT2D eigenvalue weighted by Crippen LogP contribution is 2.31. The summed E-state index contributed by atoms with van der Waals surface area (Å²) in [7, 11) is 0. The number of hydrogen-bond acceptors (Lipinski definition) is 5. The molecule has 2 aromatic heterocycles. The maximum Gasteiger partial charge on any atom is 0.226 e. The van der Waals surface area contributed by atoms with Crippen LogP contribution in [0.2, 0.25) is 0 Å². The number of aromatic nitrogens is 2. The number of pyridine rings is 1. The van der Waals surface area contributed by atoms with Crippen molar-refractivity contribution in [2.45, 2.75) is 44.8 Å². The molecule has 0 saturated heterocycles. The predicted molar refractivity (Wildman–Crippen MR) is 89.2 cm³/mol. The minimum Gasteiger partial charge on any atom is -0.393 e. The van der Waals surface area contributed by atoms with E-state index in [1.807, 2.05) is 24.4 Å². The topological polar surface area (TPSA) is 75.1 Å². The van der Waals surface area contributed by atoms with Crippen LogP contribution in [0.1, 0.15) is 29.1 Å². The summed E-state index contributed by atoms with van der Waals surface area (Å²) in [5.41, 5.74) is 1.97. The lowest BCUT2D eigenvalue weighted by Crippen LogP contribution is -2.48. The van der Waals surface area contributed by atoms with Crippen LogP contribution in [0.15, 0.2) is 29.9 Å². The Hall–Kier alpha value is -1.79. The zero-order valence-corrected chi connectivity index (χ0v) is 13.9. The number of aliphatic hydroxyl groups is 1. The average Bonchev–Trinajstić information content (AvgIpc) is 2.89. The van der Waals surface area contributed by atoms with Gasteiger partial charge in [-0.1, -0.05) is 0 Å². The summed E-state index contributed by atoms with van der Waals surface area (Å²) in [4.78, 5) is 20.7. The van der Waals surface area contributed by atoms with E-state index in [9.17, 15) is 9.90 Å². The molecule has 1 aliphatic carbocycles. The van der Waals surface area contributed by atoms with Crippen molar-refractivity contribution in [2.75, 3.05) is 0 Å². The summed E-state index contributed by atoms with van der Waals surface area (Å²) in [5, 5.41) is 15.6. The van der Waals surface area contributed by atoms with E-state index in [1.165, 1.54) is 0 Å². The van der Waals surface area contributed by atoms with Gasteiger partial charge in [-0.15, -0.1) is 11.3 Å². The predicted octanol–water partition coefficient (Wildman–Crippen LogP) is 1.89. The van der Waals surface area contributed by atoms with Crippen LogP contribution in [0.4, 0.5) is 0 Å². The van der Waals surface area contributed by atoms with Gasteiger partial charge < -0.3 is 10.4 Å². The van der Waals surface area contributed by atoms with E-state index in [0.29, 0.717) is 12.3 Å². The first-order valence-electron chi connectivity index (χ1n) is 7.87. The number of nitrogens with one attached hydrogen (secondary N) is 1. The van der Waals surface area contributed by atoms with Gasteiger partial charge in [-0.3, -0.25) is 9.78 Å². The van der Waals surface area contributed by atoms with Gasteiger partial charge in [0, 0.05) is 23.8 Å². The first-order valence-corrected chi connectivity index (χ1v) is 8.75. The van der Waals surface area contributed by atoms with Crippen LogP contribution in [0.25, 0.3) is 0 Å². The number of carbonyl (C=O) groups is 1. The zero-order valence-electron chi connectivity index (χ0n) is 13.1. The number of rotatable bonds is 6. The molecule has 0 spiro atoms. The molecule has 1 fully saturated rings. The summed E-state index contributed by atoms with van der Waals surface area (Å²) in [6.07, 6.45) is 5.90. The summed E-state index contributed by atoms with van der Waals surface area (Å²) in [6, 6.07) is 3.99. The second-order valence-corrected chi connectivity index (χ2v) is 7.22. The molecule has 0 bridgehead atoms. The minimum atomic E-state index is -0.224. The van der Waals surface area contributed by atoms with E-state index in [-0.39, 0.29) is 18.1 Å². The Labute approximate surface area is 139 Å². The van der Waals surface area contributed by atoms with Crippen LogP contribution >= 0.6 is 11.3 Å². The standard InChI is InChI=1S/C17H21N3O2S/c1-11-19-14(10-23-11)9-17(22)20-16(13-7-15(21)8-13)6-12-2-4-18-5-3-12/h2-5,10,13,15-16,21H,6-9H2,1H3,(H,20,22)/t13?,15?,16-/m0/s1. The van der Waals surface area contributed by atoms with Gasteiger partial charge in [-0.05, 0) is 49.8 Å². The SMILES string of the molecule is Cc1nc(CC(=O)N[C@@H](Cc2ccncc2)C2CC(O)C2)cs1. The zero-order chi connectivity index (χ0) is 16.2. The van der Waals surface area contributed by atoms with E-state index < -0.39 is 0 Å². The second kappa shape index (κ2) is 7.19. The van der Waals surface area contributed by atoms with Crippen molar-refractivity contribution in [3.05, 3.63) is 46.2 Å². The third-order valence-corrected chi connectivity index (χ3v) is 5.10. The van der Waals surface area contributed by atoms with Crippen LogP contribution in [0.5, 0.6) is 0 Å². The maximum atomic E-state index is 12.3. The van der Waals surface area contributed by atoms with E-state index in [0.717, 1.165) is 35.5 Å². The number of nitrogens with zero attached hydrogens (tertiary/aromatic N) is 2. The molecule has 2 heterocycles. The molecular formula is C17H21N3O2S. The Morgan fingerprint density at radius 3 is 2.78 bits per heavy atom. The van der Waals surface area contributed by atoms with Crippen molar-refractivity contribution in [1.82, 2.24) is 15.3 Å². The molecule has 1 atom stereocenters. The molecule has 1 saturated carbocycles. The molecule has 2 N–H and O–H groups in total. The molecular weight excluding hydrogens is 310 g/mol. The largest absolute Gasteiger partial charge is 0.393 e.